The number of para-hydroxylation sites is 1. The van der Waals surface area contributed by atoms with Crippen molar-refractivity contribution in [2.75, 3.05) is 22.3 Å². The highest BCUT2D eigenvalue weighted by Crippen LogP contribution is 2.39. The largest absolute Gasteiger partial charge is 0.480 e. The first-order valence-corrected chi connectivity index (χ1v) is 13.3. The lowest BCUT2D eigenvalue weighted by atomic mass is 9.99. The van der Waals surface area contributed by atoms with Gasteiger partial charge in [-0.1, -0.05) is 54.6 Å². The molecule has 4 N–H and O–H groups in total. The van der Waals surface area contributed by atoms with Crippen molar-refractivity contribution >= 4 is 39.1 Å². The minimum atomic E-state index is -4.21. The van der Waals surface area contributed by atoms with Crippen molar-refractivity contribution in [1.82, 2.24) is 0 Å². The molecule has 0 atom stereocenters. The van der Waals surface area contributed by atoms with E-state index in [0.717, 1.165) is 15.4 Å². The second-order valence-corrected chi connectivity index (χ2v) is 10.6. The molecule has 1 aliphatic heterocycles. The van der Waals surface area contributed by atoms with E-state index >= 15 is 0 Å². The lowest BCUT2D eigenvalue weighted by Gasteiger charge is -2.35. The molecule has 3 aromatic rings. The number of carboxylic acid groups (broad SMARTS) is 1. The molecular weight excluding hydrogens is 492 g/mol. The molecule has 0 fully saturated rings. The first-order valence-electron chi connectivity index (χ1n) is 11.8. The van der Waals surface area contributed by atoms with E-state index in [1.54, 1.807) is 47.4 Å². The second-order valence-electron chi connectivity index (χ2n) is 8.76. The van der Waals surface area contributed by atoms with Crippen LogP contribution in [0.4, 0.5) is 11.4 Å². The molecule has 0 bridgehead atoms. The van der Waals surface area contributed by atoms with E-state index < -0.39 is 22.5 Å². The zero-order valence-electron chi connectivity index (χ0n) is 20.1. The number of aliphatic carboxylic acids is 1. The summed E-state index contributed by atoms with van der Waals surface area (Å²) in [6.45, 7) is -0.378. The molecule has 0 saturated heterocycles. The molecule has 37 heavy (non-hydrogen) atoms. The average molecular weight is 521 g/mol. The first kappa shape index (κ1) is 25.9. The number of amides is 1. The number of anilines is 2. The van der Waals surface area contributed by atoms with E-state index in [-0.39, 0.29) is 28.7 Å². The van der Waals surface area contributed by atoms with Crippen molar-refractivity contribution in [1.29, 1.82) is 5.41 Å². The Labute approximate surface area is 215 Å². The summed E-state index contributed by atoms with van der Waals surface area (Å²) < 4.78 is 28.0. The summed E-state index contributed by atoms with van der Waals surface area (Å²) >= 11 is 0. The Balaban J connectivity index is 1.68. The topological polar surface area (TPSA) is 145 Å². The summed E-state index contributed by atoms with van der Waals surface area (Å²) in [5.41, 5.74) is 8.41. The van der Waals surface area contributed by atoms with Crippen LogP contribution in [0.3, 0.4) is 0 Å². The third-order valence-electron chi connectivity index (χ3n) is 6.27. The number of aryl methyl sites for hydroxylation is 2. The van der Waals surface area contributed by atoms with Gasteiger partial charge in [0.2, 0.25) is 5.91 Å². The smallest absolute Gasteiger partial charge is 0.324 e. The number of carbonyl (C=O) groups excluding carboxylic acids is 1. The SMILES string of the molecule is N=C(N)c1ccc(CCC(=O)N2CCCc3cccc(N(CC(=O)O)S(=O)(=O)c4ccccc4)c32)cc1. The molecule has 0 aliphatic carbocycles. The molecule has 10 heteroatoms. The molecule has 0 unspecified atom stereocenters. The van der Waals surface area contributed by atoms with Gasteiger partial charge in [0, 0.05) is 18.5 Å². The summed E-state index contributed by atoms with van der Waals surface area (Å²) in [5, 5.41) is 17.1. The average Bonchev–Trinajstić information content (AvgIpc) is 2.90. The number of sulfonamides is 1. The fraction of sp³-hybridized carbons (Fsp3) is 0.222. The maximum atomic E-state index is 13.6. The van der Waals surface area contributed by atoms with Crippen LogP contribution in [0.1, 0.15) is 29.5 Å². The third-order valence-corrected chi connectivity index (χ3v) is 8.04. The number of nitrogens with two attached hydrogens (primary N) is 1. The minimum absolute atomic E-state index is 0.0310. The van der Waals surface area contributed by atoms with E-state index in [1.807, 2.05) is 18.2 Å². The zero-order chi connectivity index (χ0) is 26.6. The number of amidine groups is 1. The van der Waals surface area contributed by atoms with Crippen molar-refractivity contribution in [2.24, 2.45) is 5.73 Å². The van der Waals surface area contributed by atoms with Crippen LogP contribution in [-0.2, 0) is 32.5 Å². The van der Waals surface area contributed by atoms with E-state index in [9.17, 15) is 23.1 Å². The van der Waals surface area contributed by atoms with Crippen molar-refractivity contribution in [3.63, 3.8) is 0 Å². The molecular formula is C27H28N4O5S. The van der Waals surface area contributed by atoms with Crippen LogP contribution >= 0.6 is 0 Å². The predicted molar refractivity (Wildman–Crippen MR) is 142 cm³/mol. The number of rotatable bonds is 9. The molecule has 1 heterocycles. The molecule has 0 spiro atoms. The van der Waals surface area contributed by atoms with Crippen LogP contribution < -0.4 is 14.9 Å². The monoisotopic (exact) mass is 520 g/mol. The van der Waals surface area contributed by atoms with Crippen LogP contribution in [0, 0.1) is 5.41 Å². The van der Waals surface area contributed by atoms with Gasteiger partial charge in [-0.05, 0) is 48.6 Å². The highest BCUT2D eigenvalue weighted by atomic mass is 32.2. The standard InChI is InChI=1S/C27H28N4O5S/c28-27(29)21-14-11-19(12-15-21)13-16-24(32)30-17-5-7-20-6-4-10-23(26(20)30)31(18-25(33)34)37(35,36)22-8-2-1-3-9-22/h1-4,6,8-12,14-15H,5,7,13,16-18H2,(H3,28,29)(H,33,34). The highest BCUT2D eigenvalue weighted by Gasteiger charge is 2.33. The normalized spacial score (nSPS) is 13.0. The molecule has 1 aliphatic rings. The zero-order valence-corrected chi connectivity index (χ0v) is 20.9. The predicted octanol–water partition coefficient (Wildman–Crippen LogP) is 3.16. The molecule has 9 nitrogen and oxygen atoms in total. The first-order chi connectivity index (χ1) is 17.7. The molecule has 0 aromatic heterocycles. The van der Waals surface area contributed by atoms with Crippen molar-refractivity contribution in [2.45, 2.75) is 30.6 Å². The van der Waals surface area contributed by atoms with Crippen molar-refractivity contribution in [3.05, 3.63) is 89.5 Å². The number of fused-ring (bicyclic) bond motifs is 1. The van der Waals surface area contributed by atoms with Gasteiger partial charge in [-0.15, -0.1) is 0 Å². The van der Waals surface area contributed by atoms with Gasteiger partial charge in [-0.25, -0.2) is 8.42 Å². The lowest BCUT2D eigenvalue weighted by molar-refractivity contribution is -0.135. The number of benzene rings is 3. The Morgan fingerprint density at radius 3 is 2.35 bits per heavy atom. The summed E-state index contributed by atoms with van der Waals surface area (Å²) in [6, 6.07) is 19.8. The van der Waals surface area contributed by atoms with Gasteiger partial charge >= 0.3 is 5.97 Å². The molecule has 0 saturated carbocycles. The fourth-order valence-electron chi connectivity index (χ4n) is 4.46. The summed E-state index contributed by atoms with van der Waals surface area (Å²) in [4.78, 5) is 26.7. The van der Waals surface area contributed by atoms with Crippen molar-refractivity contribution in [3.8, 4) is 0 Å². The molecule has 0 radical (unpaired) electrons. The Kier molecular flexibility index (Phi) is 7.58. The maximum Gasteiger partial charge on any atom is 0.324 e. The van der Waals surface area contributed by atoms with Crippen molar-refractivity contribution < 1.29 is 23.1 Å². The second kappa shape index (κ2) is 10.8. The number of carboxylic acids is 1. The number of nitrogens with zero attached hydrogens (tertiary/aromatic N) is 2. The molecule has 3 aromatic carbocycles. The quantitative estimate of drug-likeness (QED) is 0.292. The van der Waals surface area contributed by atoms with Gasteiger partial charge in [-0.3, -0.25) is 19.3 Å². The molecule has 192 valence electrons. The van der Waals surface area contributed by atoms with Crippen LogP contribution in [0.15, 0.2) is 77.7 Å². The van der Waals surface area contributed by atoms with Crippen LogP contribution in [0.25, 0.3) is 0 Å². The van der Waals surface area contributed by atoms with Gasteiger partial charge in [0.05, 0.1) is 16.3 Å². The van der Waals surface area contributed by atoms with Gasteiger partial charge in [0.1, 0.15) is 12.4 Å². The Bertz CT molecular complexity index is 1420. The lowest BCUT2D eigenvalue weighted by Crippen LogP contribution is -2.40. The number of nitrogen functional groups attached to an aromatic ring is 1. The van der Waals surface area contributed by atoms with E-state index in [2.05, 4.69) is 0 Å². The van der Waals surface area contributed by atoms with Crippen LogP contribution in [0.5, 0.6) is 0 Å². The van der Waals surface area contributed by atoms with E-state index in [1.165, 1.54) is 12.1 Å². The van der Waals surface area contributed by atoms with Crippen LogP contribution in [-0.4, -0.2) is 44.3 Å². The number of hydrogen-bond donors (Lipinski definition) is 3. The summed E-state index contributed by atoms with van der Waals surface area (Å²) in [5.74, 6) is -1.52. The molecule has 1 amide bonds. The minimum Gasteiger partial charge on any atom is -0.480 e. The molecule has 4 rings (SSSR count). The Hall–Kier alpha value is -4.18. The van der Waals surface area contributed by atoms with Gasteiger partial charge in [0.25, 0.3) is 10.0 Å². The van der Waals surface area contributed by atoms with Crippen LogP contribution in [0.2, 0.25) is 0 Å². The Morgan fingerprint density at radius 1 is 1.00 bits per heavy atom. The maximum absolute atomic E-state index is 13.6. The highest BCUT2D eigenvalue weighted by molar-refractivity contribution is 7.92. The number of nitrogens with one attached hydrogen (secondary N) is 1. The van der Waals surface area contributed by atoms with Gasteiger partial charge in [-0.2, -0.15) is 0 Å². The fourth-order valence-corrected chi connectivity index (χ4v) is 5.90. The summed E-state index contributed by atoms with van der Waals surface area (Å²) in [7, 11) is -4.21. The van der Waals surface area contributed by atoms with E-state index in [0.29, 0.717) is 37.1 Å². The summed E-state index contributed by atoms with van der Waals surface area (Å²) in [6.07, 6.45) is 1.98. The third kappa shape index (κ3) is 5.64. The number of carbonyl (C=O) groups is 2. The van der Waals surface area contributed by atoms with Gasteiger partial charge < -0.3 is 15.7 Å². The Morgan fingerprint density at radius 2 is 1.70 bits per heavy atom. The number of hydrogen-bond acceptors (Lipinski definition) is 5. The van der Waals surface area contributed by atoms with E-state index in [4.69, 9.17) is 11.1 Å². The van der Waals surface area contributed by atoms with Gasteiger partial charge in [0.15, 0.2) is 0 Å².